The van der Waals surface area contributed by atoms with Gasteiger partial charge in [0, 0.05) is 10.2 Å². The lowest BCUT2D eigenvalue weighted by atomic mass is 10.1. The Hall–Kier alpha value is -2.54. The third-order valence-electron chi connectivity index (χ3n) is 2.56. The lowest BCUT2D eigenvalue weighted by molar-refractivity contribution is 0.0697. The van der Waals surface area contributed by atoms with E-state index >= 15 is 0 Å². The van der Waals surface area contributed by atoms with Gasteiger partial charge in [-0.25, -0.2) is 9.59 Å². The number of anilines is 2. The Morgan fingerprint density at radius 1 is 1.05 bits per heavy atom. The fraction of sp³-hybridized carbons (Fsp3) is 0. The summed E-state index contributed by atoms with van der Waals surface area (Å²) in [6.45, 7) is 0. The molecule has 0 saturated heterocycles. The van der Waals surface area contributed by atoms with Gasteiger partial charge in [-0.15, -0.1) is 0 Å². The quantitative estimate of drug-likeness (QED) is 0.636. The van der Waals surface area contributed by atoms with Crippen LogP contribution in [0.3, 0.4) is 0 Å². The standard InChI is InChI=1S/C14H11BrN2O4/c15-8-2-1-3-9(6-8)16-14(21)17-12-5-4-10(18)7-11(12)13(19)20/h1-7,18H,(H,19,20)(H2,16,17,21). The third kappa shape index (κ3) is 3.96. The van der Waals surface area contributed by atoms with E-state index in [1.54, 1.807) is 18.2 Å². The number of hydrogen-bond donors (Lipinski definition) is 4. The maximum absolute atomic E-state index is 11.9. The zero-order valence-electron chi connectivity index (χ0n) is 10.6. The number of carboxylic acid groups (broad SMARTS) is 1. The monoisotopic (exact) mass is 350 g/mol. The van der Waals surface area contributed by atoms with Gasteiger partial charge < -0.3 is 20.8 Å². The largest absolute Gasteiger partial charge is 0.508 e. The molecule has 0 saturated carbocycles. The number of carbonyl (C=O) groups excluding carboxylic acids is 1. The highest BCUT2D eigenvalue weighted by molar-refractivity contribution is 9.10. The summed E-state index contributed by atoms with van der Waals surface area (Å²) < 4.78 is 0.802. The molecule has 0 atom stereocenters. The highest BCUT2D eigenvalue weighted by Crippen LogP contribution is 2.22. The van der Waals surface area contributed by atoms with E-state index in [9.17, 15) is 14.7 Å². The molecule has 2 rings (SSSR count). The molecule has 0 radical (unpaired) electrons. The number of urea groups is 1. The maximum Gasteiger partial charge on any atom is 0.337 e. The molecular formula is C14H11BrN2O4. The van der Waals surface area contributed by atoms with E-state index in [2.05, 4.69) is 26.6 Å². The second-order valence-electron chi connectivity index (χ2n) is 4.12. The highest BCUT2D eigenvalue weighted by Gasteiger charge is 2.13. The van der Waals surface area contributed by atoms with Crippen LogP contribution in [0.5, 0.6) is 5.75 Å². The predicted molar refractivity (Wildman–Crippen MR) is 81.8 cm³/mol. The number of amides is 2. The zero-order valence-corrected chi connectivity index (χ0v) is 12.2. The Bertz CT molecular complexity index is 703. The molecule has 21 heavy (non-hydrogen) atoms. The van der Waals surface area contributed by atoms with Crippen molar-refractivity contribution in [2.45, 2.75) is 0 Å². The number of carboxylic acids is 1. The first kappa shape index (κ1) is 14.9. The van der Waals surface area contributed by atoms with Crippen molar-refractivity contribution < 1.29 is 19.8 Å². The third-order valence-corrected chi connectivity index (χ3v) is 3.06. The van der Waals surface area contributed by atoms with Crippen molar-refractivity contribution in [1.29, 1.82) is 0 Å². The number of phenolic OH excluding ortho intramolecular Hbond substituents is 1. The molecular weight excluding hydrogens is 340 g/mol. The molecule has 2 aromatic rings. The van der Waals surface area contributed by atoms with Crippen LogP contribution in [0.25, 0.3) is 0 Å². The van der Waals surface area contributed by atoms with Gasteiger partial charge in [-0.2, -0.15) is 0 Å². The topological polar surface area (TPSA) is 98.7 Å². The minimum absolute atomic E-state index is 0.0906. The molecule has 0 aliphatic carbocycles. The van der Waals surface area contributed by atoms with E-state index in [4.69, 9.17) is 5.11 Å². The highest BCUT2D eigenvalue weighted by atomic mass is 79.9. The summed E-state index contributed by atoms with van der Waals surface area (Å²) in [5.41, 5.74) is 0.449. The fourth-order valence-corrected chi connectivity index (χ4v) is 2.07. The molecule has 2 amide bonds. The number of halogens is 1. The fourth-order valence-electron chi connectivity index (χ4n) is 1.67. The van der Waals surface area contributed by atoms with Crippen molar-refractivity contribution in [3.05, 3.63) is 52.5 Å². The zero-order chi connectivity index (χ0) is 15.4. The Labute approximate surface area is 128 Å². The summed E-state index contributed by atoms with van der Waals surface area (Å²) in [4.78, 5) is 22.9. The molecule has 4 N–H and O–H groups in total. The second-order valence-corrected chi connectivity index (χ2v) is 5.04. The normalized spacial score (nSPS) is 9.95. The van der Waals surface area contributed by atoms with Crippen LogP contribution in [-0.2, 0) is 0 Å². The number of nitrogens with one attached hydrogen (secondary N) is 2. The molecule has 0 bridgehead atoms. The minimum atomic E-state index is -1.25. The average Bonchev–Trinajstić information content (AvgIpc) is 2.40. The van der Waals surface area contributed by atoms with Gasteiger partial charge in [-0.05, 0) is 36.4 Å². The van der Waals surface area contributed by atoms with Crippen LogP contribution in [-0.4, -0.2) is 22.2 Å². The molecule has 0 aromatic heterocycles. The van der Waals surface area contributed by atoms with Crippen molar-refractivity contribution >= 4 is 39.3 Å². The number of aromatic carboxylic acids is 1. The van der Waals surface area contributed by atoms with Gasteiger partial charge in [0.05, 0.1) is 11.3 Å². The summed E-state index contributed by atoms with van der Waals surface area (Å²) in [6, 6.07) is 10.1. The summed E-state index contributed by atoms with van der Waals surface area (Å²) in [5.74, 6) is -1.44. The first-order valence-corrected chi connectivity index (χ1v) is 6.65. The summed E-state index contributed by atoms with van der Waals surface area (Å²) >= 11 is 3.28. The summed E-state index contributed by atoms with van der Waals surface area (Å²) in [5, 5.41) is 23.3. The molecule has 0 unspecified atom stereocenters. The smallest absolute Gasteiger partial charge is 0.337 e. The van der Waals surface area contributed by atoms with Crippen molar-refractivity contribution in [3.8, 4) is 5.75 Å². The van der Waals surface area contributed by atoms with Gasteiger partial charge in [0.15, 0.2) is 0 Å². The number of carbonyl (C=O) groups is 2. The Morgan fingerprint density at radius 2 is 1.81 bits per heavy atom. The molecule has 0 aliphatic heterocycles. The van der Waals surface area contributed by atoms with Crippen molar-refractivity contribution in [2.24, 2.45) is 0 Å². The van der Waals surface area contributed by atoms with Gasteiger partial charge in [0.25, 0.3) is 0 Å². The number of rotatable bonds is 3. The van der Waals surface area contributed by atoms with Crippen molar-refractivity contribution in [2.75, 3.05) is 10.6 Å². The van der Waals surface area contributed by atoms with Crippen molar-refractivity contribution in [3.63, 3.8) is 0 Å². The Kier molecular flexibility index (Phi) is 4.44. The molecule has 6 nitrogen and oxygen atoms in total. The van der Waals surface area contributed by atoms with E-state index < -0.39 is 12.0 Å². The van der Waals surface area contributed by atoms with Gasteiger partial charge in [0.1, 0.15) is 5.75 Å². The maximum atomic E-state index is 11.9. The van der Waals surface area contributed by atoms with Gasteiger partial charge in [0.2, 0.25) is 0 Å². The van der Waals surface area contributed by atoms with Crippen LogP contribution in [0.15, 0.2) is 46.9 Å². The molecule has 108 valence electrons. The molecule has 0 spiro atoms. The first-order chi connectivity index (χ1) is 9.95. The lowest BCUT2D eigenvalue weighted by Gasteiger charge is -2.10. The van der Waals surface area contributed by atoms with Crippen LogP contribution in [0.4, 0.5) is 16.2 Å². The summed E-state index contributed by atoms with van der Waals surface area (Å²) in [6.07, 6.45) is 0. The molecule has 2 aromatic carbocycles. The second kappa shape index (κ2) is 6.27. The molecule has 7 heteroatoms. The van der Waals surface area contributed by atoms with E-state index in [-0.39, 0.29) is 17.0 Å². The van der Waals surface area contributed by atoms with Crippen LogP contribution < -0.4 is 10.6 Å². The number of aromatic hydroxyl groups is 1. The number of phenols is 1. The van der Waals surface area contributed by atoms with Crippen LogP contribution in [0.2, 0.25) is 0 Å². The summed E-state index contributed by atoms with van der Waals surface area (Å²) in [7, 11) is 0. The van der Waals surface area contributed by atoms with E-state index in [1.165, 1.54) is 12.1 Å². The SMILES string of the molecule is O=C(Nc1cccc(Br)c1)Nc1ccc(O)cc1C(=O)O. The van der Waals surface area contributed by atoms with Gasteiger partial charge in [-0.1, -0.05) is 22.0 Å². The lowest BCUT2D eigenvalue weighted by Crippen LogP contribution is -2.20. The molecule has 0 fully saturated rings. The van der Waals surface area contributed by atoms with E-state index in [1.807, 2.05) is 6.07 Å². The predicted octanol–water partition coefficient (Wildman–Crippen LogP) is 3.50. The molecule has 0 aliphatic rings. The Balaban J connectivity index is 2.15. The van der Waals surface area contributed by atoms with Crippen molar-refractivity contribution in [1.82, 2.24) is 0 Å². The van der Waals surface area contributed by atoms with Gasteiger partial charge >= 0.3 is 12.0 Å². The van der Waals surface area contributed by atoms with Crippen LogP contribution in [0.1, 0.15) is 10.4 Å². The van der Waals surface area contributed by atoms with E-state index in [0.717, 1.165) is 10.5 Å². The number of hydrogen-bond acceptors (Lipinski definition) is 3. The average molecular weight is 351 g/mol. The Morgan fingerprint density at radius 3 is 2.48 bits per heavy atom. The minimum Gasteiger partial charge on any atom is -0.508 e. The van der Waals surface area contributed by atoms with Gasteiger partial charge in [-0.3, -0.25) is 0 Å². The van der Waals surface area contributed by atoms with Crippen LogP contribution >= 0.6 is 15.9 Å². The molecule has 0 heterocycles. The van der Waals surface area contributed by atoms with Crippen LogP contribution in [0, 0.1) is 0 Å². The number of benzene rings is 2. The first-order valence-electron chi connectivity index (χ1n) is 5.85. The van der Waals surface area contributed by atoms with E-state index in [0.29, 0.717) is 5.69 Å².